The highest BCUT2D eigenvalue weighted by molar-refractivity contribution is 9.10. The topological polar surface area (TPSA) is 38.9 Å². The van der Waals surface area contributed by atoms with Crippen molar-refractivity contribution in [3.8, 4) is 0 Å². The quantitative estimate of drug-likeness (QED) is 0.923. The summed E-state index contributed by atoms with van der Waals surface area (Å²) in [5.41, 5.74) is 8.34. The molecule has 0 radical (unpaired) electrons. The van der Waals surface area contributed by atoms with E-state index in [2.05, 4.69) is 20.9 Å². The van der Waals surface area contributed by atoms with Gasteiger partial charge in [-0.15, -0.1) is 0 Å². The number of aryl methyl sites for hydroxylation is 1. The zero-order valence-electron chi connectivity index (χ0n) is 9.32. The van der Waals surface area contributed by atoms with Gasteiger partial charge in [-0.1, -0.05) is 28.1 Å². The second kappa shape index (κ2) is 4.94. The maximum absolute atomic E-state index is 13.8. The first-order valence-electron chi connectivity index (χ1n) is 5.20. The molecule has 0 spiro atoms. The van der Waals surface area contributed by atoms with Crippen molar-refractivity contribution in [3.05, 3.63) is 63.6 Å². The number of rotatable bonds is 2. The molecule has 0 fully saturated rings. The van der Waals surface area contributed by atoms with E-state index in [0.717, 1.165) is 11.1 Å². The van der Waals surface area contributed by atoms with Gasteiger partial charge in [-0.3, -0.25) is 4.98 Å². The van der Waals surface area contributed by atoms with Crippen LogP contribution in [0.5, 0.6) is 0 Å². The third-order valence-corrected chi connectivity index (χ3v) is 3.26. The van der Waals surface area contributed by atoms with Crippen LogP contribution in [0.1, 0.15) is 22.7 Å². The van der Waals surface area contributed by atoms with E-state index in [4.69, 9.17) is 5.73 Å². The van der Waals surface area contributed by atoms with Crippen molar-refractivity contribution in [2.75, 3.05) is 0 Å². The smallest absolute Gasteiger partial charge is 0.129 e. The highest BCUT2D eigenvalue weighted by Gasteiger charge is 2.16. The van der Waals surface area contributed by atoms with Crippen molar-refractivity contribution in [2.24, 2.45) is 5.73 Å². The standard InChI is InChI=1S/C13H12BrFN2/c1-8-5-9(7-17-6-8)13(16)12-10(14)3-2-4-11(12)15/h2-7,13H,16H2,1H3. The van der Waals surface area contributed by atoms with Crippen LogP contribution in [0.15, 0.2) is 41.1 Å². The average Bonchev–Trinajstić information content (AvgIpc) is 2.28. The molecule has 2 rings (SSSR count). The summed E-state index contributed by atoms with van der Waals surface area (Å²) in [4.78, 5) is 4.07. The normalized spacial score (nSPS) is 12.5. The fraction of sp³-hybridized carbons (Fsp3) is 0.154. The van der Waals surface area contributed by atoms with Crippen molar-refractivity contribution >= 4 is 15.9 Å². The molecule has 2 nitrogen and oxygen atoms in total. The van der Waals surface area contributed by atoms with Crippen LogP contribution in [-0.4, -0.2) is 4.98 Å². The summed E-state index contributed by atoms with van der Waals surface area (Å²) in [6, 6.07) is 6.23. The summed E-state index contributed by atoms with van der Waals surface area (Å²) in [5.74, 6) is -0.312. The van der Waals surface area contributed by atoms with Gasteiger partial charge >= 0.3 is 0 Å². The van der Waals surface area contributed by atoms with Crippen molar-refractivity contribution in [1.82, 2.24) is 4.98 Å². The molecule has 0 amide bonds. The Balaban J connectivity index is 2.47. The lowest BCUT2D eigenvalue weighted by Crippen LogP contribution is -2.14. The molecule has 2 N–H and O–H groups in total. The van der Waals surface area contributed by atoms with E-state index in [9.17, 15) is 4.39 Å². The lowest BCUT2D eigenvalue weighted by Gasteiger charge is -2.15. The monoisotopic (exact) mass is 294 g/mol. The molecule has 1 unspecified atom stereocenters. The van der Waals surface area contributed by atoms with Gasteiger partial charge in [0.05, 0.1) is 6.04 Å². The van der Waals surface area contributed by atoms with Crippen LogP contribution < -0.4 is 5.73 Å². The number of hydrogen-bond acceptors (Lipinski definition) is 2. The molecule has 1 aromatic carbocycles. The maximum atomic E-state index is 13.8. The van der Waals surface area contributed by atoms with Gasteiger partial charge in [0.25, 0.3) is 0 Å². The van der Waals surface area contributed by atoms with Gasteiger partial charge < -0.3 is 5.73 Å². The molecule has 88 valence electrons. The third kappa shape index (κ3) is 2.53. The highest BCUT2D eigenvalue weighted by atomic mass is 79.9. The molecule has 0 bridgehead atoms. The molecule has 4 heteroatoms. The van der Waals surface area contributed by atoms with Gasteiger partial charge in [0.15, 0.2) is 0 Å². The summed E-state index contributed by atoms with van der Waals surface area (Å²) in [6.45, 7) is 1.93. The second-order valence-electron chi connectivity index (χ2n) is 3.91. The fourth-order valence-corrected chi connectivity index (χ4v) is 2.31. The maximum Gasteiger partial charge on any atom is 0.129 e. The largest absolute Gasteiger partial charge is 0.320 e. The van der Waals surface area contributed by atoms with Crippen molar-refractivity contribution < 1.29 is 4.39 Å². The third-order valence-electron chi connectivity index (χ3n) is 2.57. The van der Waals surface area contributed by atoms with Crippen molar-refractivity contribution in [1.29, 1.82) is 0 Å². The van der Waals surface area contributed by atoms with Crippen LogP contribution in [0.4, 0.5) is 4.39 Å². The molecule has 0 saturated carbocycles. The molecule has 1 atom stereocenters. The summed E-state index contributed by atoms with van der Waals surface area (Å²) in [6.07, 6.45) is 3.41. The van der Waals surface area contributed by atoms with Gasteiger partial charge in [-0.25, -0.2) is 4.39 Å². The molecular weight excluding hydrogens is 283 g/mol. The van der Waals surface area contributed by atoms with Crippen molar-refractivity contribution in [3.63, 3.8) is 0 Å². The predicted molar refractivity (Wildman–Crippen MR) is 69.1 cm³/mol. The molecule has 0 aliphatic carbocycles. The van der Waals surface area contributed by atoms with Crippen molar-refractivity contribution in [2.45, 2.75) is 13.0 Å². The number of nitrogens with zero attached hydrogens (tertiary/aromatic N) is 1. The van der Waals surface area contributed by atoms with E-state index in [-0.39, 0.29) is 5.82 Å². The van der Waals surface area contributed by atoms with Crippen LogP contribution in [0.3, 0.4) is 0 Å². The lowest BCUT2D eigenvalue weighted by molar-refractivity contribution is 0.597. The Hall–Kier alpha value is -1.26. The lowest BCUT2D eigenvalue weighted by atomic mass is 10.00. The summed E-state index contributed by atoms with van der Waals surface area (Å²) in [5, 5.41) is 0. The SMILES string of the molecule is Cc1cncc(C(N)c2c(F)cccc2Br)c1. The predicted octanol–water partition coefficient (Wildman–Crippen LogP) is 3.34. The van der Waals surface area contributed by atoms with E-state index in [1.54, 1.807) is 24.5 Å². The Morgan fingerprint density at radius 3 is 2.76 bits per heavy atom. The number of hydrogen-bond donors (Lipinski definition) is 1. The average molecular weight is 295 g/mol. The summed E-state index contributed by atoms with van der Waals surface area (Å²) in [7, 11) is 0. The van der Waals surface area contributed by atoms with Crippen LogP contribution in [0, 0.1) is 12.7 Å². The molecule has 17 heavy (non-hydrogen) atoms. The van der Waals surface area contributed by atoms with Gasteiger partial charge in [-0.2, -0.15) is 0 Å². The Bertz CT molecular complexity index is 522. The minimum atomic E-state index is -0.516. The number of pyridine rings is 1. The Labute approximate surface area is 108 Å². The molecule has 0 aliphatic rings. The summed E-state index contributed by atoms with van der Waals surface area (Å²) >= 11 is 3.32. The number of nitrogens with two attached hydrogens (primary N) is 1. The number of benzene rings is 1. The van der Waals surface area contributed by atoms with E-state index >= 15 is 0 Å². The number of halogens is 2. The zero-order chi connectivity index (χ0) is 12.4. The van der Waals surface area contributed by atoms with E-state index in [0.29, 0.717) is 10.0 Å². The van der Waals surface area contributed by atoms with Gasteiger partial charge in [0.1, 0.15) is 5.82 Å². The Kier molecular flexibility index (Phi) is 3.54. The van der Waals surface area contributed by atoms with Crippen LogP contribution >= 0.6 is 15.9 Å². The molecule has 1 heterocycles. The molecule has 1 aromatic heterocycles. The second-order valence-corrected chi connectivity index (χ2v) is 4.76. The minimum Gasteiger partial charge on any atom is -0.320 e. The number of aromatic nitrogens is 1. The first-order chi connectivity index (χ1) is 8.09. The Morgan fingerprint density at radius 2 is 2.12 bits per heavy atom. The first kappa shape index (κ1) is 12.2. The fourth-order valence-electron chi connectivity index (χ4n) is 1.72. The van der Waals surface area contributed by atoms with Gasteiger partial charge in [0, 0.05) is 22.4 Å². The highest BCUT2D eigenvalue weighted by Crippen LogP contribution is 2.29. The minimum absolute atomic E-state index is 0.312. The van der Waals surface area contributed by atoms with Crippen LogP contribution in [-0.2, 0) is 0 Å². The Morgan fingerprint density at radius 1 is 1.35 bits per heavy atom. The molecular formula is C13H12BrFN2. The van der Waals surface area contributed by atoms with E-state index in [1.807, 2.05) is 13.0 Å². The molecule has 0 aliphatic heterocycles. The first-order valence-corrected chi connectivity index (χ1v) is 6.00. The molecule has 2 aromatic rings. The van der Waals surface area contributed by atoms with E-state index in [1.165, 1.54) is 6.07 Å². The van der Waals surface area contributed by atoms with Crippen LogP contribution in [0.2, 0.25) is 0 Å². The van der Waals surface area contributed by atoms with Gasteiger partial charge in [-0.05, 0) is 30.2 Å². The summed E-state index contributed by atoms with van der Waals surface area (Å²) < 4.78 is 14.4. The van der Waals surface area contributed by atoms with Crippen LogP contribution in [0.25, 0.3) is 0 Å². The van der Waals surface area contributed by atoms with E-state index < -0.39 is 6.04 Å². The zero-order valence-corrected chi connectivity index (χ0v) is 10.9. The molecule has 0 saturated heterocycles. The van der Waals surface area contributed by atoms with Gasteiger partial charge in [0.2, 0.25) is 0 Å².